The predicted octanol–water partition coefficient (Wildman–Crippen LogP) is 3.06. The molecule has 1 aromatic carbocycles. The lowest BCUT2D eigenvalue weighted by Crippen LogP contribution is -2.17. The zero-order valence-electron chi connectivity index (χ0n) is 14.2. The number of carbonyl (C=O) groups excluding carboxylic acids is 2. The summed E-state index contributed by atoms with van der Waals surface area (Å²) in [5.41, 5.74) is 3.01. The molecule has 1 aliphatic carbocycles. The van der Waals surface area contributed by atoms with E-state index in [1.165, 1.54) is 18.1 Å². The highest BCUT2D eigenvalue weighted by atomic mass is 32.1. The summed E-state index contributed by atoms with van der Waals surface area (Å²) in [5.74, 6) is -0.179. The fraction of sp³-hybridized carbons (Fsp3) is 0.278. The molecule has 0 bridgehead atoms. The summed E-state index contributed by atoms with van der Waals surface area (Å²) < 4.78 is 1.55. The monoisotopic (exact) mass is 367 g/mol. The number of hydrogen-bond donors (Lipinski definition) is 1. The van der Waals surface area contributed by atoms with Crippen molar-refractivity contribution in [2.45, 2.75) is 32.6 Å². The molecule has 0 atom stereocenters. The van der Waals surface area contributed by atoms with Gasteiger partial charge in [0.1, 0.15) is 11.3 Å². The largest absolute Gasteiger partial charge is 0.322 e. The van der Waals surface area contributed by atoms with Crippen LogP contribution in [0.1, 0.15) is 50.9 Å². The molecule has 3 aromatic rings. The van der Waals surface area contributed by atoms with Crippen molar-refractivity contribution in [1.29, 1.82) is 0 Å². The summed E-state index contributed by atoms with van der Waals surface area (Å²) in [6.45, 7) is 1.52. The third-order valence-corrected chi connectivity index (χ3v) is 5.77. The molecule has 1 N–H and O–H groups in total. The van der Waals surface area contributed by atoms with Gasteiger partial charge in [-0.15, -0.1) is 16.4 Å². The first-order chi connectivity index (χ1) is 12.6. The number of nitrogens with one attached hydrogen (secondary N) is 1. The van der Waals surface area contributed by atoms with Crippen molar-refractivity contribution in [3.63, 3.8) is 0 Å². The van der Waals surface area contributed by atoms with Gasteiger partial charge >= 0.3 is 0 Å². The van der Waals surface area contributed by atoms with Crippen molar-refractivity contribution in [2.75, 3.05) is 5.32 Å². The lowest BCUT2D eigenvalue weighted by Gasteiger charge is -2.13. The highest BCUT2D eigenvalue weighted by Crippen LogP contribution is 2.36. The van der Waals surface area contributed by atoms with Gasteiger partial charge < -0.3 is 5.32 Å². The van der Waals surface area contributed by atoms with E-state index in [0.29, 0.717) is 16.8 Å². The normalized spacial score (nSPS) is 13.3. The van der Waals surface area contributed by atoms with Crippen LogP contribution in [-0.4, -0.2) is 31.9 Å². The van der Waals surface area contributed by atoms with Crippen LogP contribution in [0.2, 0.25) is 0 Å². The number of ketones is 1. The standard InChI is InChI=1S/C18H17N5O2S/c1-11(24)12-6-8-13(9-7-12)20-17(25)16-14-4-2-3-5-15(14)26-18(16)23-10-19-21-22-23/h6-10H,2-5H2,1H3,(H,20,25). The SMILES string of the molecule is CC(=O)c1ccc(NC(=O)c2c(-n3cnnn3)sc3c2CCCC3)cc1. The number of amides is 1. The van der Waals surface area contributed by atoms with Crippen LogP contribution in [0, 0.1) is 0 Å². The maximum Gasteiger partial charge on any atom is 0.259 e. The molecule has 26 heavy (non-hydrogen) atoms. The smallest absolute Gasteiger partial charge is 0.259 e. The molecule has 0 saturated carbocycles. The van der Waals surface area contributed by atoms with E-state index in [9.17, 15) is 9.59 Å². The van der Waals surface area contributed by atoms with Gasteiger partial charge in [0, 0.05) is 16.1 Å². The number of fused-ring (bicyclic) bond motifs is 1. The van der Waals surface area contributed by atoms with Gasteiger partial charge in [0.15, 0.2) is 5.78 Å². The van der Waals surface area contributed by atoms with Gasteiger partial charge in [0.25, 0.3) is 5.91 Å². The molecule has 7 nitrogen and oxygen atoms in total. The van der Waals surface area contributed by atoms with Crippen LogP contribution >= 0.6 is 11.3 Å². The van der Waals surface area contributed by atoms with E-state index < -0.39 is 0 Å². The molecule has 0 saturated heterocycles. The average Bonchev–Trinajstić information content (AvgIpc) is 3.29. The summed E-state index contributed by atoms with van der Waals surface area (Å²) in [6.07, 6.45) is 5.59. The van der Waals surface area contributed by atoms with E-state index in [4.69, 9.17) is 0 Å². The molecule has 1 amide bonds. The maximum absolute atomic E-state index is 13.0. The van der Waals surface area contributed by atoms with Crippen LogP contribution in [0.3, 0.4) is 0 Å². The van der Waals surface area contributed by atoms with E-state index in [2.05, 4.69) is 20.8 Å². The third-order valence-electron chi connectivity index (χ3n) is 4.49. The number of carbonyl (C=O) groups is 2. The molecular formula is C18H17N5O2S. The molecule has 2 aromatic heterocycles. The molecular weight excluding hydrogens is 350 g/mol. The van der Waals surface area contributed by atoms with Gasteiger partial charge in [-0.25, -0.2) is 0 Å². The Bertz CT molecular complexity index is 960. The third kappa shape index (κ3) is 3.03. The van der Waals surface area contributed by atoms with Gasteiger partial charge in [0.05, 0.1) is 5.56 Å². The van der Waals surface area contributed by atoms with Crippen LogP contribution in [-0.2, 0) is 12.8 Å². The van der Waals surface area contributed by atoms with Crippen molar-refractivity contribution in [1.82, 2.24) is 20.2 Å². The summed E-state index contributed by atoms with van der Waals surface area (Å²) >= 11 is 1.58. The number of thiophene rings is 1. The van der Waals surface area contributed by atoms with E-state index in [1.54, 1.807) is 40.3 Å². The number of benzene rings is 1. The van der Waals surface area contributed by atoms with Gasteiger partial charge in [-0.05, 0) is 72.9 Å². The number of nitrogens with zero attached hydrogens (tertiary/aromatic N) is 4. The van der Waals surface area contributed by atoms with Gasteiger partial charge in [0.2, 0.25) is 0 Å². The quantitative estimate of drug-likeness (QED) is 0.716. The van der Waals surface area contributed by atoms with E-state index in [1.807, 2.05) is 0 Å². The van der Waals surface area contributed by atoms with Crippen LogP contribution in [0.15, 0.2) is 30.6 Å². The highest BCUT2D eigenvalue weighted by molar-refractivity contribution is 7.15. The molecule has 1 aliphatic rings. The Labute approximate surface area is 154 Å². The molecule has 0 unspecified atom stereocenters. The first kappa shape index (κ1) is 16.6. The van der Waals surface area contributed by atoms with Crippen LogP contribution < -0.4 is 5.32 Å². The Morgan fingerprint density at radius 2 is 1.92 bits per heavy atom. The second-order valence-electron chi connectivity index (χ2n) is 6.23. The lowest BCUT2D eigenvalue weighted by molar-refractivity contribution is 0.101. The summed E-state index contributed by atoms with van der Waals surface area (Å²) in [4.78, 5) is 25.7. The van der Waals surface area contributed by atoms with Crippen LogP contribution in [0.25, 0.3) is 5.00 Å². The molecule has 0 aliphatic heterocycles. The van der Waals surface area contributed by atoms with Crippen molar-refractivity contribution in [3.05, 3.63) is 52.2 Å². The summed E-state index contributed by atoms with van der Waals surface area (Å²) in [7, 11) is 0. The minimum atomic E-state index is -0.175. The zero-order valence-corrected chi connectivity index (χ0v) is 15.0. The molecule has 4 rings (SSSR count). The Morgan fingerprint density at radius 3 is 2.62 bits per heavy atom. The fourth-order valence-corrected chi connectivity index (χ4v) is 4.49. The van der Waals surface area contributed by atoms with Crippen molar-refractivity contribution in [3.8, 4) is 5.00 Å². The highest BCUT2D eigenvalue weighted by Gasteiger charge is 2.27. The number of anilines is 1. The van der Waals surface area contributed by atoms with Crippen molar-refractivity contribution >= 4 is 28.7 Å². The minimum absolute atomic E-state index is 0.00394. The van der Waals surface area contributed by atoms with Crippen molar-refractivity contribution < 1.29 is 9.59 Å². The first-order valence-corrected chi connectivity index (χ1v) is 9.25. The maximum atomic E-state index is 13.0. The fourth-order valence-electron chi connectivity index (χ4n) is 3.18. The Kier molecular flexibility index (Phi) is 4.34. The molecule has 8 heteroatoms. The summed E-state index contributed by atoms with van der Waals surface area (Å²) in [5, 5.41) is 15.0. The molecule has 132 valence electrons. The second kappa shape index (κ2) is 6.80. The van der Waals surface area contributed by atoms with E-state index in [-0.39, 0.29) is 11.7 Å². The second-order valence-corrected chi connectivity index (χ2v) is 7.32. The minimum Gasteiger partial charge on any atom is -0.322 e. The van der Waals surface area contributed by atoms with Gasteiger partial charge in [-0.2, -0.15) is 4.68 Å². The number of Topliss-reactive ketones (excluding diaryl/α,β-unsaturated/α-hetero) is 1. The topological polar surface area (TPSA) is 89.8 Å². The van der Waals surface area contributed by atoms with Crippen LogP contribution in [0.5, 0.6) is 0 Å². The van der Waals surface area contributed by atoms with Gasteiger partial charge in [-0.3, -0.25) is 9.59 Å². The number of tetrazole rings is 1. The number of aromatic nitrogens is 4. The van der Waals surface area contributed by atoms with E-state index >= 15 is 0 Å². The first-order valence-electron chi connectivity index (χ1n) is 8.43. The Morgan fingerprint density at radius 1 is 1.15 bits per heavy atom. The molecule has 0 spiro atoms. The lowest BCUT2D eigenvalue weighted by atomic mass is 9.95. The number of rotatable bonds is 4. The Hall–Kier alpha value is -2.87. The summed E-state index contributed by atoms with van der Waals surface area (Å²) in [6, 6.07) is 6.90. The molecule has 0 fully saturated rings. The van der Waals surface area contributed by atoms with E-state index in [0.717, 1.165) is 36.2 Å². The molecule has 0 radical (unpaired) electrons. The Balaban J connectivity index is 1.68. The average molecular weight is 367 g/mol. The van der Waals surface area contributed by atoms with Gasteiger partial charge in [-0.1, -0.05) is 0 Å². The predicted molar refractivity (Wildman–Crippen MR) is 98.1 cm³/mol. The van der Waals surface area contributed by atoms with Crippen molar-refractivity contribution in [2.24, 2.45) is 0 Å². The van der Waals surface area contributed by atoms with Crippen LogP contribution in [0.4, 0.5) is 5.69 Å². The molecule has 2 heterocycles. The number of hydrogen-bond acceptors (Lipinski definition) is 6. The number of aryl methyl sites for hydroxylation is 1. The zero-order chi connectivity index (χ0) is 18.1.